The molecule has 0 atom stereocenters. The lowest BCUT2D eigenvalue weighted by Gasteiger charge is -2.46. The van der Waals surface area contributed by atoms with Crippen LogP contribution in [0.25, 0.3) is 0 Å². The van der Waals surface area contributed by atoms with Crippen LogP contribution in [0, 0.1) is 5.41 Å². The van der Waals surface area contributed by atoms with Gasteiger partial charge in [-0.2, -0.15) is 0 Å². The molecule has 0 radical (unpaired) electrons. The summed E-state index contributed by atoms with van der Waals surface area (Å²) in [6.45, 7) is 0. The van der Waals surface area contributed by atoms with Crippen LogP contribution in [-0.4, -0.2) is 3.92 Å². The van der Waals surface area contributed by atoms with Gasteiger partial charge in [-0.25, -0.2) is 0 Å². The summed E-state index contributed by atoms with van der Waals surface area (Å²) in [5.74, 6) is 0. The first-order chi connectivity index (χ1) is 4.81. The van der Waals surface area contributed by atoms with E-state index in [4.69, 9.17) is 0 Å². The van der Waals surface area contributed by atoms with E-state index in [9.17, 15) is 0 Å². The summed E-state index contributed by atoms with van der Waals surface area (Å²) in [5, 5.41) is 0. The van der Waals surface area contributed by atoms with E-state index >= 15 is 0 Å². The second kappa shape index (κ2) is 2.65. The maximum Gasteiger partial charge on any atom is 0.0110 e. The molecule has 0 aliphatic heterocycles. The van der Waals surface area contributed by atoms with Crippen molar-refractivity contribution < 1.29 is 0 Å². The molecule has 10 heavy (non-hydrogen) atoms. The lowest BCUT2D eigenvalue weighted by atomic mass is 9.61. The molecule has 2 fully saturated rings. The van der Waals surface area contributed by atoms with Crippen molar-refractivity contribution >= 4 is 22.6 Å². The van der Waals surface area contributed by atoms with Crippen molar-refractivity contribution in [3.63, 3.8) is 0 Å². The molecule has 2 saturated carbocycles. The van der Waals surface area contributed by atoms with Crippen LogP contribution in [0.5, 0.6) is 0 Å². The second-order valence-corrected chi connectivity index (χ2v) is 5.79. The first kappa shape index (κ1) is 7.38. The first-order valence-electron chi connectivity index (χ1n) is 4.45. The summed E-state index contributed by atoms with van der Waals surface area (Å²) >= 11 is 2.61. The van der Waals surface area contributed by atoms with Crippen molar-refractivity contribution in [2.24, 2.45) is 5.41 Å². The van der Waals surface area contributed by atoms with E-state index in [1.165, 1.54) is 19.3 Å². The fourth-order valence-electron chi connectivity index (χ4n) is 2.37. The molecule has 2 aliphatic carbocycles. The Morgan fingerprint density at radius 1 is 1.00 bits per heavy atom. The topological polar surface area (TPSA) is 0 Å². The van der Waals surface area contributed by atoms with Crippen LogP contribution in [0.15, 0.2) is 0 Å². The Bertz CT molecular complexity index is 117. The zero-order valence-corrected chi connectivity index (χ0v) is 8.56. The van der Waals surface area contributed by atoms with Crippen LogP contribution in [0.4, 0.5) is 0 Å². The van der Waals surface area contributed by atoms with Crippen LogP contribution in [0.2, 0.25) is 0 Å². The number of hydrogen-bond donors (Lipinski definition) is 0. The molecule has 0 saturated heterocycles. The van der Waals surface area contributed by atoms with Gasteiger partial charge in [0.25, 0.3) is 0 Å². The predicted octanol–water partition coefficient (Wildman–Crippen LogP) is 3.53. The third-order valence-corrected chi connectivity index (χ3v) is 4.64. The zero-order chi connectivity index (χ0) is 7.03. The molecule has 0 nitrogen and oxygen atoms in total. The maximum absolute atomic E-state index is 2.61. The van der Waals surface area contributed by atoms with Gasteiger partial charge in [-0.15, -0.1) is 0 Å². The van der Waals surface area contributed by atoms with Crippen molar-refractivity contribution in [3.05, 3.63) is 0 Å². The Hall–Kier alpha value is 0.730. The van der Waals surface area contributed by atoms with E-state index in [0.717, 1.165) is 9.34 Å². The Morgan fingerprint density at radius 3 is 2.00 bits per heavy atom. The molecular formula is C9H15I. The molecule has 0 aromatic heterocycles. The smallest absolute Gasteiger partial charge is 0.0110 e. The molecule has 0 heterocycles. The van der Waals surface area contributed by atoms with Crippen molar-refractivity contribution in [1.29, 1.82) is 0 Å². The van der Waals surface area contributed by atoms with Gasteiger partial charge in [0.15, 0.2) is 0 Å². The van der Waals surface area contributed by atoms with Crippen molar-refractivity contribution in [2.45, 2.75) is 48.9 Å². The third-order valence-electron chi connectivity index (χ3n) is 3.39. The molecular weight excluding hydrogens is 235 g/mol. The quantitative estimate of drug-likeness (QED) is 0.455. The van der Waals surface area contributed by atoms with Crippen molar-refractivity contribution in [1.82, 2.24) is 0 Å². The molecule has 2 rings (SSSR count). The van der Waals surface area contributed by atoms with Crippen molar-refractivity contribution in [2.75, 3.05) is 0 Å². The van der Waals surface area contributed by atoms with E-state index in [1.807, 2.05) is 0 Å². The van der Waals surface area contributed by atoms with E-state index < -0.39 is 0 Å². The Kier molecular flexibility index (Phi) is 1.96. The lowest BCUT2D eigenvalue weighted by molar-refractivity contribution is 0.0814. The first-order valence-corrected chi connectivity index (χ1v) is 5.69. The van der Waals surface area contributed by atoms with Crippen LogP contribution in [-0.2, 0) is 0 Å². The SMILES string of the molecule is IC1CCC2(CCC2)CC1. The highest BCUT2D eigenvalue weighted by atomic mass is 127. The molecule has 0 unspecified atom stereocenters. The minimum atomic E-state index is 0.877. The highest BCUT2D eigenvalue weighted by molar-refractivity contribution is 14.1. The molecule has 0 aromatic carbocycles. The number of rotatable bonds is 0. The average Bonchev–Trinajstić information content (AvgIpc) is 1.86. The second-order valence-electron chi connectivity index (χ2n) is 4.03. The summed E-state index contributed by atoms with van der Waals surface area (Å²) in [5.41, 5.74) is 0.877. The molecule has 2 aliphatic rings. The van der Waals surface area contributed by atoms with Gasteiger partial charge in [-0.05, 0) is 43.9 Å². The van der Waals surface area contributed by atoms with Gasteiger partial charge in [0, 0.05) is 3.92 Å². The zero-order valence-electron chi connectivity index (χ0n) is 6.41. The number of halogens is 1. The fraction of sp³-hybridized carbons (Fsp3) is 1.00. The van der Waals surface area contributed by atoms with E-state index in [2.05, 4.69) is 22.6 Å². The summed E-state index contributed by atoms with van der Waals surface area (Å²) in [6.07, 6.45) is 10.7. The normalized spacial score (nSPS) is 32.1. The van der Waals surface area contributed by atoms with Gasteiger partial charge >= 0.3 is 0 Å². The molecule has 0 amide bonds. The standard InChI is InChI=1S/C9H15I/c10-8-2-6-9(7-3-8)4-1-5-9/h8H,1-7H2. The van der Waals surface area contributed by atoms with Gasteiger partial charge in [-0.1, -0.05) is 29.0 Å². The van der Waals surface area contributed by atoms with Crippen molar-refractivity contribution in [3.8, 4) is 0 Å². The maximum atomic E-state index is 2.61. The molecule has 0 bridgehead atoms. The Balaban J connectivity index is 1.90. The number of alkyl halides is 1. The van der Waals surface area contributed by atoms with Crippen LogP contribution in [0.3, 0.4) is 0 Å². The minimum Gasteiger partial charge on any atom is -0.0826 e. The molecule has 0 N–H and O–H groups in total. The molecule has 1 spiro atoms. The van der Waals surface area contributed by atoms with Crippen LogP contribution in [0.1, 0.15) is 44.9 Å². The molecule has 1 heteroatoms. The highest BCUT2D eigenvalue weighted by Gasteiger charge is 2.39. The molecule has 0 aromatic rings. The molecule has 58 valence electrons. The van der Waals surface area contributed by atoms with Gasteiger partial charge < -0.3 is 0 Å². The Morgan fingerprint density at radius 2 is 1.60 bits per heavy atom. The predicted molar refractivity (Wildman–Crippen MR) is 52.6 cm³/mol. The number of hydrogen-bond acceptors (Lipinski definition) is 0. The lowest BCUT2D eigenvalue weighted by Crippen LogP contribution is -2.33. The van der Waals surface area contributed by atoms with Crippen LogP contribution >= 0.6 is 22.6 Å². The summed E-state index contributed by atoms with van der Waals surface area (Å²) in [6, 6.07) is 0. The average molecular weight is 250 g/mol. The summed E-state index contributed by atoms with van der Waals surface area (Å²) in [4.78, 5) is 0. The monoisotopic (exact) mass is 250 g/mol. The fourth-order valence-corrected chi connectivity index (χ4v) is 2.99. The Labute approximate surface area is 76.9 Å². The third kappa shape index (κ3) is 1.21. The van der Waals surface area contributed by atoms with Gasteiger partial charge in [0.05, 0.1) is 0 Å². The largest absolute Gasteiger partial charge is 0.0826 e. The van der Waals surface area contributed by atoms with E-state index in [-0.39, 0.29) is 0 Å². The van der Waals surface area contributed by atoms with Gasteiger partial charge in [-0.3, -0.25) is 0 Å². The van der Waals surface area contributed by atoms with Crippen LogP contribution < -0.4 is 0 Å². The summed E-state index contributed by atoms with van der Waals surface area (Å²) < 4.78 is 1.00. The summed E-state index contributed by atoms with van der Waals surface area (Å²) in [7, 11) is 0. The minimum absolute atomic E-state index is 0.877. The van der Waals surface area contributed by atoms with Gasteiger partial charge in [0.2, 0.25) is 0 Å². The van der Waals surface area contributed by atoms with E-state index in [1.54, 1.807) is 25.7 Å². The van der Waals surface area contributed by atoms with E-state index in [0.29, 0.717) is 0 Å². The highest BCUT2D eigenvalue weighted by Crippen LogP contribution is 2.52. The van der Waals surface area contributed by atoms with Gasteiger partial charge in [0.1, 0.15) is 0 Å².